The summed E-state index contributed by atoms with van der Waals surface area (Å²) in [5.41, 5.74) is 0.713. The van der Waals surface area contributed by atoms with Crippen molar-refractivity contribution >= 4 is 11.6 Å². The number of amides is 1. The monoisotopic (exact) mass is 307 g/mol. The summed E-state index contributed by atoms with van der Waals surface area (Å²) < 4.78 is 37.1. The van der Waals surface area contributed by atoms with Gasteiger partial charge >= 0.3 is 0 Å². The smallest absolute Gasteiger partial charge is 0.256 e. The molecule has 0 aliphatic rings. The van der Waals surface area contributed by atoms with Gasteiger partial charge in [-0.1, -0.05) is 0 Å². The van der Waals surface area contributed by atoms with Crippen LogP contribution in [-0.4, -0.2) is 20.1 Å². The van der Waals surface area contributed by atoms with Gasteiger partial charge in [0.2, 0.25) is 0 Å². The predicted octanol–water partition coefficient (Wildman–Crippen LogP) is 3.54. The molecule has 0 saturated carbocycles. The van der Waals surface area contributed by atoms with Gasteiger partial charge < -0.3 is 14.8 Å². The molecule has 0 aliphatic heterocycles. The molecule has 116 valence electrons. The Bertz CT molecular complexity index is 692. The van der Waals surface area contributed by atoms with Crippen LogP contribution in [0.25, 0.3) is 0 Å². The van der Waals surface area contributed by atoms with Crippen LogP contribution in [0.15, 0.2) is 30.3 Å². The summed E-state index contributed by atoms with van der Waals surface area (Å²) in [6.45, 7) is 1.78. The van der Waals surface area contributed by atoms with Gasteiger partial charge in [-0.25, -0.2) is 8.78 Å². The topological polar surface area (TPSA) is 47.6 Å². The maximum atomic E-state index is 13.6. The van der Waals surface area contributed by atoms with Gasteiger partial charge in [0, 0.05) is 17.2 Å². The van der Waals surface area contributed by atoms with Crippen molar-refractivity contribution in [2.75, 3.05) is 19.5 Å². The fourth-order valence-electron chi connectivity index (χ4n) is 2.00. The third-order valence-corrected chi connectivity index (χ3v) is 3.19. The largest absolute Gasteiger partial charge is 0.496 e. The Hall–Kier alpha value is -2.63. The molecule has 2 aromatic rings. The van der Waals surface area contributed by atoms with Crippen LogP contribution >= 0.6 is 0 Å². The van der Waals surface area contributed by atoms with Crippen LogP contribution in [0.5, 0.6) is 11.5 Å². The van der Waals surface area contributed by atoms with Crippen molar-refractivity contribution in [1.29, 1.82) is 0 Å². The summed E-state index contributed by atoms with van der Waals surface area (Å²) in [5.74, 6) is -1.04. The van der Waals surface area contributed by atoms with Crippen LogP contribution in [0.4, 0.5) is 14.5 Å². The molecular formula is C16H15F2NO3. The minimum atomic E-state index is -0.721. The fourth-order valence-corrected chi connectivity index (χ4v) is 2.00. The number of ether oxygens (including phenoxy) is 2. The quantitative estimate of drug-likeness (QED) is 0.940. The number of anilines is 1. The highest BCUT2D eigenvalue weighted by atomic mass is 19.1. The summed E-state index contributed by atoms with van der Waals surface area (Å²) in [6.07, 6.45) is 0. The number of hydrogen-bond donors (Lipinski definition) is 1. The van der Waals surface area contributed by atoms with Crippen molar-refractivity contribution in [3.63, 3.8) is 0 Å². The molecule has 2 rings (SSSR count). The number of benzene rings is 2. The first-order valence-corrected chi connectivity index (χ1v) is 6.45. The molecule has 6 heteroatoms. The second kappa shape index (κ2) is 6.43. The first-order valence-electron chi connectivity index (χ1n) is 6.45. The molecule has 0 spiro atoms. The van der Waals surface area contributed by atoms with Gasteiger partial charge in [-0.2, -0.15) is 0 Å². The molecule has 0 bridgehead atoms. The Morgan fingerprint density at radius 2 is 1.64 bits per heavy atom. The second-order valence-corrected chi connectivity index (χ2v) is 4.58. The van der Waals surface area contributed by atoms with Crippen LogP contribution in [0.2, 0.25) is 0 Å². The van der Waals surface area contributed by atoms with E-state index in [-0.39, 0.29) is 11.3 Å². The van der Waals surface area contributed by atoms with E-state index in [1.807, 2.05) is 0 Å². The van der Waals surface area contributed by atoms with Crippen molar-refractivity contribution < 1.29 is 23.0 Å². The lowest BCUT2D eigenvalue weighted by atomic mass is 10.1. The molecular weight excluding hydrogens is 292 g/mol. The number of rotatable bonds is 4. The van der Waals surface area contributed by atoms with Crippen LogP contribution in [0.1, 0.15) is 15.9 Å². The van der Waals surface area contributed by atoms with Crippen molar-refractivity contribution in [2.24, 2.45) is 0 Å². The molecule has 0 atom stereocenters. The summed E-state index contributed by atoms with van der Waals surface area (Å²) >= 11 is 0. The molecule has 22 heavy (non-hydrogen) atoms. The number of halogens is 2. The Balaban J connectivity index is 2.35. The van der Waals surface area contributed by atoms with Crippen molar-refractivity contribution in [1.82, 2.24) is 0 Å². The van der Waals surface area contributed by atoms with Gasteiger partial charge in [0.05, 0.1) is 19.9 Å². The summed E-state index contributed by atoms with van der Waals surface area (Å²) in [7, 11) is 2.94. The second-order valence-electron chi connectivity index (χ2n) is 4.58. The molecule has 0 unspecified atom stereocenters. The highest BCUT2D eigenvalue weighted by molar-refractivity contribution is 6.05. The van der Waals surface area contributed by atoms with E-state index in [0.29, 0.717) is 11.5 Å². The number of carbonyl (C=O) groups excluding carboxylic acids is 1. The lowest BCUT2D eigenvalue weighted by molar-refractivity contribution is 0.102. The maximum absolute atomic E-state index is 13.6. The number of nitrogens with one attached hydrogen (secondary N) is 1. The van der Waals surface area contributed by atoms with E-state index < -0.39 is 17.5 Å². The zero-order valence-electron chi connectivity index (χ0n) is 12.4. The zero-order valence-corrected chi connectivity index (χ0v) is 12.4. The molecule has 0 aromatic heterocycles. The van der Waals surface area contributed by atoms with E-state index in [1.165, 1.54) is 26.4 Å². The van der Waals surface area contributed by atoms with Crippen molar-refractivity contribution in [3.05, 3.63) is 53.1 Å². The first-order chi connectivity index (χ1) is 10.5. The SMILES string of the molecule is COc1cc(C(=O)Nc2cc(F)ccc2F)cc(OC)c1C. The van der Waals surface area contributed by atoms with Gasteiger partial charge in [0.15, 0.2) is 0 Å². The van der Waals surface area contributed by atoms with E-state index in [0.717, 1.165) is 23.8 Å². The third kappa shape index (κ3) is 3.16. The van der Waals surface area contributed by atoms with E-state index in [9.17, 15) is 13.6 Å². The fraction of sp³-hybridized carbons (Fsp3) is 0.188. The number of carbonyl (C=O) groups is 1. The van der Waals surface area contributed by atoms with Gasteiger partial charge in [0.25, 0.3) is 5.91 Å². The van der Waals surface area contributed by atoms with Crippen LogP contribution in [0, 0.1) is 18.6 Å². The predicted molar refractivity (Wildman–Crippen MR) is 78.6 cm³/mol. The van der Waals surface area contributed by atoms with Gasteiger partial charge in [-0.3, -0.25) is 4.79 Å². The maximum Gasteiger partial charge on any atom is 0.256 e. The molecule has 0 heterocycles. The van der Waals surface area contributed by atoms with Crippen molar-refractivity contribution in [3.8, 4) is 11.5 Å². The molecule has 1 amide bonds. The van der Waals surface area contributed by atoms with E-state index >= 15 is 0 Å². The average Bonchev–Trinajstić information content (AvgIpc) is 2.51. The van der Waals surface area contributed by atoms with E-state index in [4.69, 9.17) is 9.47 Å². The molecule has 0 aliphatic carbocycles. The Morgan fingerprint density at radius 3 is 2.18 bits per heavy atom. The summed E-state index contributed by atoms with van der Waals surface area (Å²) in [5, 5.41) is 2.32. The Kier molecular flexibility index (Phi) is 4.60. The number of methoxy groups -OCH3 is 2. The molecule has 0 fully saturated rings. The van der Waals surface area contributed by atoms with E-state index in [1.54, 1.807) is 6.92 Å². The van der Waals surface area contributed by atoms with E-state index in [2.05, 4.69) is 5.32 Å². The highest BCUT2D eigenvalue weighted by Gasteiger charge is 2.15. The van der Waals surface area contributed by atoms with Crippen molar-refractivity contribution in [2.45, 2.75) is 6.92 Å². The van der Waals surface area contributed by atoms with Crippen LogP contribution < -0.4 is 14.8 Å². The average molecular weight is 307 g/mol. The Labute approximate surface area is 126 Å². The highest BCUT2D eigenvalue weighted by Crippen LogP contribution is 2.30. The third-order valence-electron chi connectivity index (χ3n) is 3.19. The Morgan fingerprint density at radius 1 is 1.05 bits per heavy atom. The minimum Gasteiger partial charge on any atom is -0.496 e. The summed E-state index contributed by atoms with van der Waals surface area (Å²) in [6, 6.07) is 5.84. The van der Waals surface area contributed by atoms with Gasteiger partial charge in [0.1, 0.15) is 23.1 Å². The van der Waals surface area contributed by atoms with Gasteiger partial charge in [-0.15, -0.1) is 0 Å². The molecule has 2 aromatic carbocycles. The molecule has 1 N–H and O–H groups in total. The van der Waals surface area contributed by atoms with Crippen LogP contribution in [-0.2, 0) is 0 Å². The van der Waals surface area contributed by atoms with Crippen LogP contribution in [0.3, 0.4) is 0 Å². The standard InChI is InChI=1S/C16H15F2NO3/c1-9-14(21-2)6-10(7-15(9)22-3)16(20)19-13-8-11(17)4-5-12(13)18/h4-8H,1-3H3,(H,19,20). The first kappa shape index (κ1) is 15.8. The lowest BCUT2D eigenvalue weighted by Gasteiger charge is -2.13. The lowest BCUT2D eigenvalue weighted by Crippen LogP contribution is -2.14. The normalized spacial score (nSPS) is 10.2. The van der Waals surface area contributed by atoms with Gasteiger partial charge in [-0.05, 0) is 31.2 Å². The summed E-state index contributed by atoms with van der Waals surface area (Å²) in [4.78, 5) is 12.2. The molecule has 0 saturated heterocycles. The molecule has 4 nitrogen and oxygen atoms in total. The number of hydrogen-bond acceptors (Lipinski definition) is 3. The minimum absolute atomic E-state index is 0.211. The molecule has 0 radical (unpaired) electrons. The zero-order chi connectivity index (χ0) is 16.3.